The van der Waals surface area contributed by atoms with Crippen LogP contribution in [0, 0.1) is 5.92 Å². The molecule has 0 aliphatic rings. The first kappa shape index (κ1) is 18.9. The van der Waals surface area contributed by atoms with Gasteiger partial charge in [-0.25, -0.2) is 0 Å². The Kier molecular flexibility index (Phi) is 10.6. The standard InChI is InChI=1S/C16H36N2O/c1-15(2)14-18(12-13-19-6)11-9-7-8-10-17-16(3,4)5/h15,17H,7-14H2,1-6H3. The van der Waals surface area contributed by atoms with E-state index in [0.717, 1.165) is 25.6 Å². The molecule has 0 radical (unpaired) electrons. The second-order valence-corrected chi connectivity index (χ2v) is 6.92. The molecule has 19 heavy (non-hydrogen) atoms. The Morgan fingerprint density at radius 1 is 1.05 bits per heavy atom. The van der Waals surface area contributed by atoms with Crippen LogP contribution in [-0.2, 0) is 4.74 Å². The fourth-order valence-electron chi connectivity index (χ4n) is 2.13. The fourth-order valence-corrected chi connectivity index (χ4v) is 2.13. The zero-order chi connectivity index (χ0) is 14.7. The van der Waals surface area contributed by atoms with Gasteiger partial charge in [0.1, 0.15) is 0 Å². The predicted molar refractivity (Wildman–Crippen MR) is 84.8 cm³/mol. The van der Waals surface area contributed by atoms with E-state index in [2.05, 4.69) is 44.8 Å². The monoisotopic (exact) mass is 272 g/mol. The minimum absolute atomic E-state index is 0.252. The third-order valence-corrected chi connectivity index (χ3v) is 3.04. The molecule has 0 aromatic carbocycles. The van der Waals surface area contributed by atoms with Gasteiger partial charge in [0.2, 0.25) is 0 Å². The Labute approximate surface area is 121 Å². The minimum Gasteiger partial charge on any atom is -0.383 e. The first-order chi connectivity index (χ1) is 8.85. The molecule has 3 heteroatoms. The molecule has 0 spiro atoms. The van der Waals surface area contributed by atoms with Crippen LogP contribution in [-0.4, -0.2) is 50.3 Å². The van der Waals surface area contributed by atoms with Crippen molar-refractivity contribution in [1.82, 2.24) is 10.2 Å². The SMILES string of the molecule is COCCN(CCCCCNC(C)(C)C)CC(C)C. The summed E-state index contributed by atoms with van der Waals surface area (Å²) < 4.78 is 5.18. The highest BCUT2D eigenvalue weighted by molar-refractivity contribution is 4.69. The Balaban J connectivity index is 3.62. The van der Waals surface area contributed by atoms with Crippen molar-refractivity contribution in [1.29, 1.82) is 0 Å². The van der Waals surface area contributed by atoms with E-state index in [1.54, 1.807) is 7.11 Å². The summed E-state index contributed by atoms with van der Waals surface area (Å²) >= 11 is 0. The highest BCUT2D eigenvalue weighted by Gasteiger charge is 2.08. The molecule has 0 saturated carbocycles. The van der Waals surface area contributed by atoms with Gasteiger partial charge < -0.3 is 15.0 Å². The molecule has 0 aromatic rings. The van der Waals surface area contributed by atoms with Gasteiger partial charge in [-0.1, -0.05) is 20.3 Å². The molecule has 0 aliphatic carbocycles. The van der Waals surface area contributed by atoms with Gasteiger partial charge in [-0.15, -0.1) is 0 Å². The molecule has 3 nitrogen and oxygen atoms in total. The zero-order valence-corrected chi connectivity index (χ0v) is 14.1. The van der Waals surface area contributed by atoms with Crippen molar-refractivity contribution < 1.29 is 4.74 Å². The van der Waals surface area contributed by atoms with Gasteiger partial charge >= 0.3 is 0 Å². The third-order valence-electron chi connectivity index (χ3n) is 3.04. The van der Waals surface area contributed by atoms with Gasteiger partial charge in [-0.2, -0.15) is 0 Å². The smallest absolute Gasteiger partial charge is 0.0589 e. The first-order valence-corrected chi connectivity index (χ1v) is 7.81. The molecule has 0 atom stereocenters. The molecule has 0 rings (SSSR count). The van der Waals surface area contributed by atoms with Crippen molar-refractivity contribution in [3.63, 3.8) is 0 Å². The number of ether oxygens (including phenoxy) is 1. The van der Waals surface area contributed by atoms with E-state index < -0.39 is 0 Å². The van der Waals surface area contributed by atoms with E-state index in [9.17, 15) is 0 Å². The van der Waals surface area contributed by atoms with Crippen LogP contribution in [0.15, 0.2) is 0 Å². The summed E-state index contributed by atoms with van der Waals surface area (Å²) in [6.07, 6.45) is 3.88. The normalized spacial score (nSPS) is 12.6. The second-order valence-electron chi connectivity index (χ2n) is 6.92. The average molecular weight is 272 g/mol. The number of nitrogens with zero attached hydrogens (tertiary/aromatic N) is 1. The van der Waals surface area contributed by atoms with Gasteiger partial charge in [-0.05, 0) is 52.6 Å². The maximum absolute atomic E-state index is 5.18. The molecule has 0 aliphatic heterocycles. The number of nitrogens with one attached hydrogen (secondary N) is 1. The lowest BCUT2D eigenvalue weighted by molar-refractivity contribution is 0.138. The van der Waals surface area contributed by atoms with Crippen LogP contribution >= 0.6 is 0 Å². The van der Waals surface area contributed by atoms with E-state index in [1.807, 2.05) is 0 Å². The van der Waals surface area contributed by atoms with Crippen molar-refractivity contribution in [3.05, 3.63) is 0 Å². The Hall–Kier alpha value is -0.120. The van der Waals surface area contributed by atoms with Crippen LogP contribution in [0.4, 0.5) is 0 Å². The summed E-state index contributed by atoms with van der Waals surface area (Å²) in [7, 11) is 1.78. The molecule has 0 amide bonds. The quantitative estimate of drug-likeness (QED) is 0.585. The lowest BCUT2D eigenvalue weighted by Gasteiger charge is -2.24. The Morgan fingerprint density at radius 3 is 2.26 bits per heavy atom. The van der Waals surface area contributed by atoms with E-state index in [1.165, 1.54) is 32.4 Å². The summed E-state index contributed by atoms with van der Waals surface area (Å²) in [4.78, 5) is 2.53. The van der Waals surface area contributed by atoms with Crippen LogP contribution in [0.5, 0.6) is 0 Å². The van der Waals surface area contributed by atoms with Gasteiger partial charge in [-0.3, -0.25) is 0 Å². The van der Waals surface area contributed by atoms with E-state index in [0.29, 0.717) is 0 Å². The first-order valence-electron chi connectivity index (χ1n) is 7.81. The van der Waals surface area contributed by atoms with E-state index >= 15 is 0 Å². The van der Waals surface area contributed by atoms with Crippen molar-refractivity contribution in [2.75, 3.05) is 39.9 Å². The van der Waals surface area contributed by atoms with Crippen molar-refractivity contribution in [2.45, 2.75) is 59.4 Å². The van der Waals surface area contributed by atoms with Crippen molar-refractivity contribution in [3.8, 4) is 0 Å². The molecule has 1 N–H and O–H groups in total. The number of hydrogen-bond donors (Lipinski definition) is 1. The highest BCUT2D eigenvalue weighted by Crippen LogP contribution is 2.04. The molecular formula is C16H36N2O. The summed E-state index contributed by atoms with van der Waals surface area (Å²) in [6, 6.07) is 0. The number of methoxy groups -OCH3 is 1. The molecule has 0 fully saturated rings. The summed E-state index contributed by atoms with van der Waals surface area (Å²) in [5.74, 6) is 0.736. The lowest BCUT2D eigenvalue weighted by atomic mass is 10.1. The fraction of sp³-hybridized carbons (Fsp3) is 1.00. The number of unbranched alkanes of at least 4 members (excludes halogenated alkanes) is 2. The third kappa shape index (κ3) is 14.1. The minimum atomic E-state index is 0.252. The van der Waals surface area contributed by atoms with Crippen LogP contribution in [0.1, 0.15) is 53.9 Å². The Bertz CT molecular complexity index is 199. The average Bonchev–Trinajstić information content (AvgIpc) is 2.28. The second kappa shape index (κ2) is 10.6. The summed E-state index contributed by atoms with van der Waals surface area (Å²) in [6.45, 7) is 16.7. The predicted octanol–water partition coefficient (Wildman–Crippen LogP) is 3.15. The number of rotatable bonds is 11. The van der Waals surface area contributed by atoms with E-state index in [-0.39, 0.29) is 5.54 Å². The van der Waals surface area contributed by atoms with Crippen LogP contribution in [0.2, 0.25) is 0 Å². The molecular weight excluding hydrogens is 236 g/mol. The summed E-state index contributed by atoms with van der Waals surface area (Å²) in [5.41, 5.74) is 0.252. The number of hydrogen-bond acceptors (Lipinski definition) is 3. The topological polar surface area (TPSA) is 24.5 Å². The zero-order valence-electron chi connectivity index (χ0n) is 14.1. The van der Waals surface area contributed by atoms with Gasteiger partial charge in [0, 0.05) is 25.7 Å². The van der Waals surface area contributed by atoms with E-state index in [4.69, 9.17) is 4.74 Å². The molecule has 0 unspecified atom stereocenters. The van der Waals surface area contributed by atoms with Crippen LogP contribution < -0.4 is 5.32 Å². The van der Waals surface area contributed by atoms with Crippen molar-refractivity contribution in [2.24, 2.45) is 5.92 Å². The van der Waals surface area contributed by atoms with Crippen LogP contribution in [0.25, 0.3) is 0 Å². The molecule has 0 saturated heterocycles. The van der Waals surface area contributed by atoms with Crippen LogP contribution in [0.3, 0.4) is 0 Å². The van der Waals surface area contributed by atoms with Gasteiger partial charge in [0.25, 0.3) is 0 Å². The Morgan fingerprint density at radius 2 is 1.74 bits per heavy atom. The molecule has 0 heterocycles. The lowest BCUT2D eigenvalue weighted by Crippen LogP contribution is -2.36. The molecule has 0 bridgehead atoms. The maximum Gasteiger partial charge on any atom is 0.0589 e. The van der Waals surface area contributed by atoms with Gasteiger partial charge in [0.05, 0.1) is 6.61 Å². The largest absolute Gasteiger partial charge is 0.383 e. The maximum atomic E-state index is 5.18. The summed E-state index contributed by atoms with van der Waals surface area (Å²) in [5, 5.41) is 3.54. The highest BCUT2D eigenvalue weighted by atomic mass is 16.5. The molecule has 0 aromatic heterocycles. The van der Waals surface area contributed by atoms with Gasteiger partial charge in [0.15, 0.2) is 0 Å². The van der Waals surface area contributed by atoms with Crippen molar-refractivity contribution >= 4 is 0 Å². The molecule has 116 valence electrons.